The molecule has 3 rings (SSSR count). The minimum Gasteiger partial charge on any atom is -0.491 e. The molecule has 0 saturated heterocycles. The minimum atomic E-state index is 0.243. The predicted octanol–water partition coefficient (Wildman–Crippen LogP) is 4.78. The highest BCUT2D eigenvalue weighted by atomic mass is 35.5. The average Bonchev–Trinajstić information content (AvgIpc) is 3.07. The van der Waals surface area contributed by atoms with Crippen molar-refractivity contribution in [2.75, 3.05) is 12.4 Å². The van der Waals surface area contributed by atoms with E-state index in [1.54, 1.807) is 6.07 Å². The largest absolute Gasteiger partial charge is 0.491 e. The molecule has 2 aromatic carbocycles. The molecule has 0 atom stereocenters. The average molecular weight is 377 g/mol. The highest BCUT2D eigenvalue weighted by Gasteiger charge is 2.08. The Morgan fingerprint density at radius 3 is 2.64 bits per heavy atom. The lowest BCUT2D eigenvalue weighted by molar-refractivity contribution is 0.252. The predicted molar refractivity (Wildman–Crippen MR) is 97.5 cm³/mol. The molecule has 1 aromatic heterocycles. The SMILES string of the molecule is Cc1ccc(OCc2nnc(SCCOc3ccccc3Cl)o2)cc1. The van der Waals surface area contributed by atoms with Crippen LogP contribution in [0.15, 0.2) is 58.2 Å². The van der Waals surface area contributed by atoms with Crippen LogP contribution < -0.4 is 9.47 Å². The normalized spacial score (nSPS) is 10.6. The number of aromatic nitrogens is 2. The Morgan fingerprint density at radius 1 is 1.04 bits per heavy atom. The summed E-state index contributed by atoms with van der Waals surface area (Å²) in [7, 11) is 0. The molecule has 0 N–H and O–H groups in total. The summed E-state index contributed by atoms with van der Waals surface area (Å²) in [4.78, 5) is 0. The van der Waals surface area contributed by atoms with Crippen molar-refractivity contribution in [3.63, 3.8) is 0 Å². The molecule has 0 bridgehead atoms. The molecule has 130 valence electrons. The van der Waals surface area contributed by atoms with Crippen molar-refractivity contribution in [3.05, 3.63) is 65.0 Å². The Labute approximate surface area is 155 Å². The molecule has 1 heterocycles. The molecular weight excluding hydrogens is 360 g/mol. The molecule has 0 radical (unpaired) electrons. The summed E-state index contributed by atoms with van der Waals surface area (Å²) in [6, 6.07) is 15.2. The lowest BCUT2D eigenvalue weighted by Gasteiger charge is -2.06. The van der Waals surface area contributed by atoms with Gasteiger partial charge in [-0.25, -0.2) is 0 Å². The van der Waals surface area contributed by atoms with Gasteiger partial charge in [0.15, 0.2) is 6.61 Å². The number of rotatable bonds is 8. The zero-order valence-corrected chi connectivity index (χ0v) is 15.2. The Balaban J connectivity index is 1.41. The Hall–Kier alpha value is -2.18. The van der Waals surface area contributed by atoms with Crippen LogP contribution >= 0.6 is 23.4 Å². The van der Waals surface area contributed by atoms with Gasteiger partial charge >= 0.3 is 0 Å². The van der Waals surface area contributed by atoms with Crippen molar-refractivity contribution in [3.8, 4) is 11.5 Å². The van der Waals surface area contributed by atoms with E-state index in [-0.39, 0.29) is 6.61 Å². The summed E-state index contributed by atoms with van der Waals surface area (Å²) in [5, 5.41) is 9.05. The molecule has 0 fully saturated rings. The molecule has 5 nitrogen and oxygen atoms in total. The van der Waals surface area contributed by atoms with Crippen LogP contribution in [-0.4, -0.2) is 22.6 Å². The zero-order chi connectivity index (χ0) is 17.5. The molecule has 25 heavy (non-hydrogen) atoms. The smallest absolute Gasteiger partial charge is 0.276 e. The Kier molecular flexibility index (Phi) is 6.19. The van der Waals surface area contributed by atoms with E-state index in [2.05, 4.69) is 10.2 Å². The van der Waals surface area contributed by atoms with Gasteiger partial charge in [0.25, 0.3) is 11.1 Å². The van der Waals surface area contributed by atoms with E-state index >= 15 is 0 Å². The van der Waals surface area contributed by atoms with Crippen molar-refractivity contribution in [2.45, 2.75) is 18.8 Å². The minimum absolute atomic E-state index is 0.243. The van der Waals surface area contributed by atoms with E-state index in [4.69, 9.17) is 25.5 Å². The van der Waals surface area contributed by atoms with Gasteiger partial charge in [-0.05, 0) is 31.2 Å². The quantitative estimate of drug-likeness (QED) is 0.416. The van der Waals surface area contributed by atoms with Crippen LogP contribution in [0.25, 0.3) is 0 Å². The lowest BCUT2D eigenvalue weighted by Crippen LogP contribution is -2.00. The molecular formula is C18H17ClN2O3S. The van der Waals surface area contributed by atoms with Crippen molar-refractivity contribution in [1.29, 1.82) is 0 Å². The van der Waals surface area contributed by atoms with E-state index < -0.39 is 0 Å². The van der Waals surface area contributed by atoms with Crippen molar-refractivity contribution >= 4 is 23.4 Å². The Bertz CT molecular complexity index is 808. The van der Waals surface area contributed by atoms with Crippen LogP contribution in [0.5, 0.6) is 11.5 Å². The van der Waals surface area contributed by atoms with E-state index in [0.29, 0.717) is 34.2 Å². The van der Waals surface area contributed by atoms with E-state index in [9.17, 15) is 0 Å². The lowest BCUT2D eigenvalue weighted by atomic mass is 10.2. The van der Waals surface area contributed by atoms with Gasteiger partial charge in [0.2, 0.25) is 0 Å². The molecule has 0 amide bonds. The third-order valence-corrected chi connectivity index (χ3v) is 4.33. The number of para-hydroxylation sites is 1. The van der Waals surface area contributed by atoms with Gasteiger partial charge in [0.1, 0.15) is 11.5 Å². The monoisotopic (exact) mass is 376 g/mol. The fourth-order valence-corrected chi connectivity index (χ4v) is 2.76. The van der Waals surface area contributed by atoms with Gasteiger partial charge in [-0.1, -0.05) is 53.2 Å². The van der Waals surface area contributed by atoms with Crippen LogP contribution in [0.1, 0.15) is 11.5 Å². The van der Waals surface area contributed by atoms with Gasteiger partial charge < -0.3 is 13.9 Å². The third kappa shape index (κ3) is 5.41. The van der Waals surface area contributed by atoms with Crippen molar-refractivity contribution < 1.29 is 13.9 Å². The van der Waals surface area contributed by atoms with Crippen molar-refractivity contribution in [1.82, 2.24) is 10.2 Å². The van der Waals surface area contributed by atoms with Gasteiger partial charge in [0, 0.05) is 5.75 Å². The number of nitrogens with zero attached hydrogens (tertiary/aromatic N) is 2. The van der Waals surface area contributed by atoms with Crippen molar-refractivity contribution in [2.24, 2.45) is 0 Å². The molecule has 0 aliphatic heterocycles. The number of aryl methyl sites for hydroxylation is 1. The fraction of sp³-hybridized carbons (Fsp3) is 0.222. The second-order valence-electron chi connectivity index (χ2n) is 5.19. The van der Waals surface area contributed by atoms with E-state index in [0.717, 1.165) is 5.75 Å². The number of ether oxygens (including phenoxy) is 2. The Morgan fingerprint density at radius 2 is 1.84 bits per heavy atom. The maximum Gasteiger partial charge on any atom is 0.276 e. The summed E-state index contributed by atoms with van der Waals surface area (Å²) in [5.74, 6) is 2.55. The first-order valence-corrected chi connectivity index (χ1v) is 9.09. The molecule has 0 aliphatic carbocycles. The van der Waals surface area contributed by atoms with E-state index in [1.807, 2.05) is 49.4 Å². The standard InChI is InChI=1S/C18H17ClN2O3S/c1-13-6-8-14(9-7-13)23-12-17-20-21-18(24-17)25-11-10-22-16-5-3-2-4-15(16)19/h2-9H,10-12H2,1H3. The number of benzene rings is 2. The van der Waals surface area contributed by atoms with Crippen LogP contribution in [0.2, 0.25) is 5.02 Å². The fourth-order valence-electron chi connectivity index (χ4n) is 1.98. The number of halogens is 1. The first kappa shape index (κ1) is 17.6. The zero-order valence-electron chi connectivity index (χ0n) is 13.6. The first-order chi connectivity index (χ1) is 12.2. The highest BCUT2D eigenvalue weighted by Crippen LogP contribution is 2.24. The van der Waals surface area contributed by atoms with Gasteiger partial charge in [-0.2, -0.15) is 0 Å². The molecule has 3 aromatic rings. The number of thioether (sulfide) groups is 1. The second kappa shape index (κ2) is 8.78. The molecule has 7 heteroatoms. The summed E-state index contributed by atoms with van der Waals surface area (Å²) < 4.78 is 16.8. The van der Waals surface area contributed by atoms with Crippen LogP contribution in [0, 0.1) is 6.92 Å². The van der Waals surface area contributed by atoms with Gasteiger partial charge in [0.05, 0.1) is 11.6 Å². The highest BCUT2D eigenvalue weighted by molar-refractivity contribution is 7.99. The molecule has 0 aliphatic rings. The molecule has 0 spiro atoms. The van der Waals surface area contributed by atoms with E-state index in [1.165, 1.54) is 17.3 Å². The summed E-state index contributed by atoms with van der Waals surface area (Å²) in [6.07, 6.45) is 0. The molecule has 0 saturated carbocycles. The van der Waals surface area contributed by atoms with Crippen LogP contribution in [-0.2, 0) is 6.61 Å². The van der Waals surface area contributed by atoms with Gasteiger partial charge in [-0.3, -0.25) is 0 Å². The van der Waals surface area contributed by atoms with Crippen LogP contribution in [0.3, 0.4) is 0 Å². The summed E-state index contributed by atoms with van der Waals surface area (Å²) in [6.45, 7) is 2.76. The number of hydrogen-bond acceptors (Lipinski definition) is 6. The van der Waals surface area contributed by atoms with Crippen LogP contribution in [0.4, 0.5) is 0 Å². The first-order valence-electron chi connectivity index (χ1n) is 7.73. The third-order valence-electron chi connectivity index (χ3n) is 3.23. The summed E-state index contributed by atoms with van der Waals surface area (Å²) >= 11 is 7.46. The molecule has 0 unspecified atom stereocenters. The topological polar surface area (TPSA) is 57.4 Å². The maximum absolute atomic E-state index is 6.03. The summed E-state index contributed by atoms with van der Waals surface area (Å²) in [5.41, 5.74) is 1.18. The van der Waals surface area contributed by atoms with Gasteiger partial charge in [-0.15, -0.1) is 10.2 Å². The second-order valence-corrected chi connectivity index (χ2v) is 6.64. The number of hydrogen-bond donors (Lipinski definition) is 0. The maximum atomic E-state index is 6.03.